The van der Waals surface area contributed by atoms with Crippen LogP contribution in [0.15, 0.2) is 29.6 Å². The molecule has 0 atom stereocenters. The van der Waals surface area contributed by atoms with Gasteiger partial charge < -0.3 is 4.74 Å². The summed E-state index contributed by atoms with van der Waals surface area (Å²) < 4.78 is 4.73. The quantitative estimate of drug-likeness (QED) is 0.595. The molecule has 0 aliphatic rings. The summed E-state index contributed by atoms with van der Waals surface area (Å²) in [6, 6.07) is 7.84. The van der Waals surface area contributed by atoms with E-state index in [4.69, 9.17) is 4.74 Å². The van der Waals surface area contributed by atoms with Crippen molar-refractivity contribution in [2.75, 3.05) is 6.61 Å². The second-order valence-corrected chi connectivity index (χ2v) is 5.50. The fourth-order valence-electron chi connectivity index (χ4n) is 1.21. The molecule has 0 saturated carbocycles. The zero-order valence-electron chi connectivity index (χ0n) is 10.2. The van der Waals surface area contributed by atoms with E-state index >= 15 is 0 Å². The highest BCUT2D eigenvalue weighted by atomic mass is 32.1. The van der Waals surface area contributed by atoms with Crippen LogP contribution in [0.4, 0.5) is 0 Å². The van der Waals surface area contributed by atoms with Crippen molar-refractivity contribution in [3.05, 3.63) is 44.3 Å². The third-order valence-electron chi connectivity index (χ3n) is 2.00. The first kappa shape index (κ1) is 13.4. The van der Waals surface area contributed by atoms with Crippen LogP contribution in [0.3, 0.4) is 0 Å². The number of carbonyl (C=O) groups excluding carboxylic acids is 1. The van der Waals surface area contributed by atoms with Gasteiger partial charge in [-0.1, -0.05) is 17.9 Å². The van der Waals surface area contributed by atoms with Crippen LogP contribution in [0.2, 0.25) is 0 Å². The largest absolute Gasteiger partial charge is 0.453 e. The average Bonchev–Trinajstić information content (AvgIpc) is 3.03. The monoisotopic (exact) mass is 286 g/mol. The zero-order chi connectivity index (χ0) is 13.5. The SMILES string of the molecule is CC(=O)OCC#Cc1ccc(C#Cc2cccs2)s1. The number of esters is 1. The molecular weight excluding hydrogens is 276 g/mol. The van der Waals surface area contributed by atoms with Gasteiger partial charge in [0, 0.05) is 6.92 Å². The van der Waals surface area contributed by atoms with Gasteiger partial charge in [0.1, 0.15) is 0 Å². The first-order valence-corrected chi connectivity index (χ1v) is 7.21. The number of rotatable bonds is 1. The molecule has 0 aliphatic carbocycles. The Hall–Kier alpha value is -2.01. The fraction of sp³-hybridized carbons (Fsp3) is 0.133. The molecule has 94 valence electrons. The molecule has 0 amide bonds. The van der Waals surface area contributed by atoms with Gasteiger partial charge in [-0.3, -0.25) is 4.79 Å². The Bertz CT molecular complexity index is 673. The molecule has 0 aromatic carbocycles. The highest BCUT2D eigenvalue weighted by molar-refractivity contribution is 7.13. The van der Waals surface area contributed by atoms with Crippen LogP contribution in [-0.4, -0.2) is 12.6 Å². The summed E-state index contributed by atoms with van der Waals surface area (Å²) in [5, 5.41) is 2.00. The van der Waals surface area contributed by atoms with E-state index < -0.39 is 0 Å². The normalized spacial score (nSPS) is 8.89. The predicted molar refractivity (Wildman–Crippen MR) is 78.1 cm³/mol. The van der Waals surface area contributed by atoms with Gasteiger partial charge in [0.2, 0.25) is 0 Å². The zero-order valence-corrected chi connectivity index (χ0v) is 11.9. The summed E-state index contributed by atoms with van der Waals surface area (Å²) in [5.74, 6) is 11.6. The molecule has 2 aromatic heterocycles. The van der Waals surface area contributed by atoms with Crippen LogP contribution in [0.1, 0.15) is 21.6 Å². The summed E-state index contributed by atoms with van der Waals surface area (Å²) in [5.41, 5.74) is 0. The molecule has 0 saturated heterocycles. The predicted octanol–water partition coefficient (Wildman–Crippen LogP) is 3.12. The summed E-state index contributed by atoms with van der Waals surface area (Å²) in [7, 11) is 0. The van der Waals surface area contributed by atoms with E-state index in [-0.39, 0.29) is 12.6 Å². The van der Waals surface area contributed by atoms with Gasteiger partial charge >= 0.3 is 5.97 Å². The van der Waals surface area contributed by atoms with Crippen LogP contribution in [0.25, 0.3) is 0 Å². The van der Waals surface area contributed by atoms with Crippen molar-refractivity contribution in [3.8, 4) is 23.7 Å². The topological polar surface area (TPSA) is 26.3 Å². The van der Waals surface area contributed by atoms with Crippen molar-refractivity contribution in [3.63, 3.8) is 0 Å². The molecule has 0 spiro atoms. The third-order valence-corrected chi connectivity index (χ3v) is 3.70. The number of carbonyl (C=O) groups is 1. The van der Waals surface area contributed by atoms with Crippen LogP contribution < -0.4 is 0 Å². The molecule has 0 N–H and O–H groups in total. The maximum atomic E-state index is 10.6. The molecule has 0 aliphatic heterocycles. The number of hydrogen-bond acceptors (Lipinski definition) is 4. The van der Waals surface area contributed by atoms with E-state index in [0.717, 1.165) is 14.6 Å². The molecule has 2 aromatic rings. The van der Waals surface area contributed by atoms with E-state index in [1.807, 2.05) is 29.6 Å². The summed E-state index contributed by atoms with van der Waals surface area (Å²) in [6.45, 7) is 1.49. The highest BCUT2D eigenvalue weighted by Crippen LogP contribution is 2.14. The van der Waals surface area contributed by atoms with Crippen molar-refractivity contribution < 1.29 is 9.53 Å². The second-order valence-electron chi connectivity index (χ2n) is 3.47. The minimum absolute atomic E-state index is 0.128. The van der Waals surface area contributed by atoms with Gasteiger partial charge in [-0.15, -0.1) is 22.7 Å². The Morgan fingerprint density at radius 3 is 2.58 bits per heavy atom. The van der Waals surface area contributed by atoms with E-state index in [1.165, 1.54) is 18.3 Å². The van der Waals surface area contributed by atoms with Crippen molar-refractivity contribution >= 4 is 28.6 Å². The van der Waals surface area contributed by atoms with Crippen LogP contribution in [0, 0.1) is 23.7 Å². The van der Waals surface area contributed by atoms with E-state index in [2.05, 4.69) is 23.7 Å². The highest BCUT2D eigenvalue weighted by Gasteiger charge is 1.94. The molecule has 0 radical (unpaired) electrons. The van der Waals surface area contributed by atoms with Crippen molar-refractivity contribution in [2.24, 2.45) is 0 Å². The van der Waals surface area contributed by atoms with Gasteiger partial charge in [0.25, 0.3) is 0 Å². The van der Waals surface area contributed by atoms with Gasteiger partial charge in [0.15, 0.2) is 6.61 Å². The maximum Gasteiger partial charge on any atom is 0.303 e. The Morgan fingerprint density at radius 2 is 1.89 bits per heavy atom. The lowest BCUT2D eigenvalue weighted by Gasteiger charge is -1.90. The first-order chi connectivity index (χ1) is 9.24. The molecule has 19 heavy (non-hydrogen) atoms. The molecule has 0 unspecified atom stereocenters. The third kappa shape index (κ3) is 4.63. The molecule has 2 rings (SSSR count). The van der Waals surface area contributed by atoms with Crippen molar-refractivity contribution in [2.45, 2.75) is 6.92 Å². The lowest BCUT2D eigenvalue weighted by Crippen LogP contribution is -1.97. The Balaban J connectivity index is 1.97. The summed E-state index contributed by atoms with van der Waals surface area (Å²) in [6.07, 6.45) is 0. The molecule has 0 fully saturated rings. The van der Waals surface area contributed by atoms with E-state index in [9.17, 15) is 4.79 Å². The molecule has 4 heteroatoms. The molecule has 2 nitrogen and oxygen atoms in total. The Labute approximate surface area is 120 Å². The maximum absolute atomic E-state index is 10.6. The van der Waals surface area contributed by atoms with Gasteiger partial charge in [0.05, 0.1) is 14.6 Å². The lowest BCUT2D eigenvalue weighted by atomic mass is 10.4. The minimum atomic E-state index is -0.317. The van der Waals surface area contributed by atoms with Crippen LogP contribution in [-0.2, 0) is 9.53 Å². The van der Waals surface area contributed by atoms with E-state index in [1.54, 1.807) is 11.3 Å². The number of ether oxygens (including phenoxy) is 1. The molecule has 0 bridgehead atoms. The summed E-state index contributed by atoms with van der Waals surface area (Å²) >= 11 is 3.15. The summed E-state index contributed by atoms with van der Waals surface area (Å²) in [4.78, 5) is 13.5. The first-order valence-electron chi connectivity index (χ1n) is 5.51. The van der Waals surface area contributed by atoms with Crippen LogP contribution in [0.5, 0.6) is 0 Å². The van der Waals surface area contributed by atoms with Gasteiger partial charge in [-0.25, -0.2) is 0 Å². The number of thiophene rings is 2. The Morgan fingerprint density at radius 1 is 1.16 bits per heavy atom. The van der Waals surface area contributed by atoms with Gasteiger partial charge in [-0.05, 0) is 35.4 Å². The number of hydrogen-bond donors (Lipinski definition) is 0. The second kappa shape index (κ2) is 6.80. The minimum Gasteiger partial charge on any atom is -0.453 e. The average molecular weight is 286 g/mol. The standard InChI is InChI=1S/C15H10O2S2/c1-12(16)17-10-2-4-14-8-9-15(19-14)7-6-13-5-3-11-18-13/h3,5,8-9,11H,10H2,1H3. The lowest BCUT2D eigenvalue weighted by molar-refractivity contribution is -0.139. The van der Waals surface area contributed by atoms with Crippen molar-refractivity contribution in [1.82, 2.24) is 0 Å². The molecule has 2 heterocycles. The smallest absolute Gasteiger partial charge is 0.303 e. The van der Waals surface area contributed by atoms with E-state index in [0.29, 0.717) is 0 Å². The van der Waals surface area contributed by atoms with Crippen LogP contribution >= 0.6 is 22.7 Å². The van der Waals surface area contributed by atoms with Gasteiger partial charge in [-0.2, -0.15) is 0 Å². The molecular formula is C15H10O2S2. The Kier molecular flexibility index (Phi) is 4.80. The van der Waals surface area contributed by atoms with Crippen molar-refractivity contribution in [1.29, 1.82) is 0 Å². The fourth-order valence-corrected chi connectivity index (χ4v) is 2.51.